The van der Waals surface area contributed by atoms with Gasteiger partial charge in [-0.15, -0.1) is 0 Å². The van der Waals surface area contributed by atoms with Crippen molar-refractivity contribution >= 4 is 29.3 Å². The fourth-order valence-corrected chi connectivity index (χ4v) is 2.55. The first-order chi connectivity index (χ1) is 12.8. The number of nitrogens with one attached hydrogen (secondary N) is 1. The average molecular weight is 392 g/mol. The zero-order valence-electron chi connectivity index (χ0n) is 13.8. The number of carbonyl (C=O) groups excluding carboxylic acids is 1. The number of rotatable bonds is 4. The zero-order valence-corrected chi connectivity index (χ0v) is 14.5. The smallest absolute Gasteiger partial charge is 0.416 e. The van der Waals surface area contributed by atoms with Crippen LogP contribution in [0.5, 0.6) is 0 Å². The molecule has 0 fully saturated rings. The lowest BCUT2D eigenvalue weighted by atomic mass is 10.2. The fourth-order valence-electron chi connectivity index (χ4n) is 2.32. The van der Waals surface area contributed by atoms with Crippen LogP contribution >= 0.6 is 11.6 Å². The zero-order chi connectivity index (χ0) is 19.4. The SMILES string of the molecule is O=C(/C=C/c1ccc(-c2ccccc2)o1)Nc1ccc(C(F)(F)F)cc1Cl. The number of anilines is 1. The minimum Gasteiger partial charge on any atom is -0.457 e. The van der Waals surface area contributed by atoms with Crippen LogP contribution in [0.15, 0.2) is 71.2 Å². The van der Waals surface area contributed by atoms with Crippen LogP contribution < -0.4 is 5.32 Å². The van der Waals surface area contributed by atoms with E-state index in [0.29, 0.717) is 11.5 Å². The van der Waals surface area contributed by atoms with E-state index in [1.54, 1.807) is 12.1 Å². The third-order valence-electron chi connectivity index (χ3n) is 3.64. The molecule has 3 rings (SSSR count). The minimum absolute atomic E-state index is 0.0868. The largest absolute Gasteiger partial charge is 0.457 e. The van der Waals surface area contributed by atoms with Gasteiger partial charge in [-0.2, -0.15) is 13.2 Å². The highest BCUT2D eigenvalue weighted by molar-refractivity contribution is 6.34. The normalized spacial score (nSPS) is 11.7. The van der Waals surface area contributed by atoms with Crippen molar-refractivity contribution < 1.29 is 22.4 Å². The molecule has 0 saturated heterocycles. The van der Waals surface area contributed by atoms with Crippen LogP contribution in [-0.4, -0.2) is 5.91 Å². The maximum Gasteiger partial charge on any atom is 0.416 e. The van der Waals surface area contributed by atoms with E-state index in [1.807, 2.05) is 30.3 Å². The summed E-state index contributed by atoms with van der Waals surface area (Å²) >= 11 is 5.81. The fraction of sp³-hybridized carbons (Fsp3) is 0.0500. The number of alkyl halides is 3. The van der Waals surface area contributed by atoms with Gasteiger partial charge in [-0.25, -0.2) is 0 Å². The van der Waals surface area contributed by atoms with E-state index in [2.05, 4.69) is 5.32 Å². The van der Waals surface area contributed by atoms with Crippen LogP contribution in [0, 0.1) is 0 Å². The quantitative estimate of drug-likeness (QED) is 0.532. The van der Waals surface area contributed by atoms with E-state index < -0.39 is 17.6 Å². The molecule has 2 aromatic carbocycles. The molecule has 1 aromatic heterocycles. The van der Waals surface area contributed by atoms with Gasteiger partial charge in [0.2, 0.25) is 5.91 Å². The van der Waals surface area contributed by atoms with Gasteiger partial charge in [-0.3, -0.25) is 4.79 Å². The number of furan rings is 1. The maximum absolute atomic E-state index is 12.6. The van der Waals surface area contributed by atoms with Gasteiger partial charge in [0.15, 0.2) is 0 Å². The molecule has 1 amide bonds. The second-order valence-electron chi connectivity index (χ2n) is 5.58. The van der Waals surface area contributed by atoms with Crippen molar-refractivity contribution in [2.24, 2.45) is 0 Å². The summed E-state index contributed by atoms with van der Waals surface area (Å²) in [7, 11) is 0. The predicted molar refractivity (Wildman–Crippen MR) is 98.3 cm³/mol. The van der Waals surface area contributed by atoms with E-state index in [1.165, 1.54) is 12.2 Å². The first-order valence-electron chi connectivity index (χ1n) is 7.84. The molecule has 0 saturated carbocycles. The van der Waals surface area contributed by atoms with Crippen molar-refractivity contribution in [1.82, 2.24) is 0 Å². The Morgan fingerprint density at radius 3 is 2.44 bits per heavy atom. The van der Waals surface area contributed by atoms with E-state index in [4.69, 9.17) is 16.0 Å². The van der Waals surface area contributed by atoms with Crippen molar-refractivity contribution in [3.8, 4) is 11.3 Å². The van der Waals surface area contributed by atoms with Crippen LogP contribution in [-0.2, 0) is 11.0 Å². The maximum atomic E-state index is 12.6. The highest BCUT2D eigenvalue weighted by atomic mass is 35.5. The molecule has 138 valence electrons. The molecule has 0 aliphatic heterocycles. The van der Waals surface area contributed by atoms with Crippen LogP contribution in [0.2, 0.25) is 5.02 Å². The molecule has 0 atom stereocenters. The molecule has 0 unspecified atom stereocenters. The summed E-state index contributed by atoms with van der Waals surface area (Å²) in [6.07, 6.45) is -1.83. The van der Waals surface area contributed by atoms with Gasteiger partial charge >= 0.3 is 6.18 Å². The molecule has 1 N–H and O–H groups in total. The molecule has 3 nitrogen and oxygen atoms in total. The van der Waals surface area contributed by atoms with E-state index in [0.717, 1.165) is 23.8 Å². The molecule has 0 spiro atoms. The summed E-state index contributed by atoms with van der Waals surface area (Å²) in [5, 5.41) is 2.23. The second-order valence-corrected chi connectivity index (χ2v) is 5.99. The minimum atomic E-state index is -4.50. The number of hydrogen-bond acceptors (Lipinski definition) is 2. The van der Waals surface area contributed by atoms with Crippen molar-refractivity contribution in [3.63, 3.8) is 0 Å². The van der Waals surface area contributed by atoms with Gasteiger partial charge in [0.25, 0.3) is 0 Å². The summed E-state index contributed by atoms with van der Waals surface area (Å²) in [5.74, 6) is 0.568. The van der Waals surface area contributed by atoms with Crippen molar-refractivity contribution in [1.29, 1.82) is 0 Å². The Morgan fingerprint density at radius 1 is 1.04 bits per heavy atom. The first-order valence-corrected chi connectivity index (χ1v) is 8.22. The summed E-state index contributed by atoms with van der Waals surface area (Å²) in [4.78, 5) is 12.0. The van der Waals surface area contributed by atoms with Crippen LogP contribution in [0.3, 0.4) is 0 Å². The molecule has 27 heavy (non-hydrogen) atoms. The lowest BCUT2D eigenvalue weighted by Crippen LogP contribution is -2.10. The Balaban J connectivity index is 1.67. The lowest BCUT2D eigenvalue weighted by Gasteiger charge is -2.10. The summed E-state index contributed by atoms with van der Waals surface area (Å²) in [6, 6.07) is 15.7. The van der Waals surface area contributed by atoms with Gasteiger partial charge in [0.1, 0.15) is 11.5 Å². The topological polar surface area (TPSA) is 42.2 Å². The number of carbonyl (C=O) groups is 1. The molecule has 7 heteroatoms. The average Bonchev–Trinajstić information content (AvgIpc) is 3.11. The number of halogens is 4. The van der Waals surface area contributed by atoms with Gasteiger partial charge in [-0.1, -0.05) is 41.9 Å². The lowest BCUT2D eigenvalue weighted by molar-refractivity contribution is -0.137. The Kier molecular flexibility index (Phi) is 5.37. The Hall–Kier alpha value is -2.99. The van der Waals surface area contributed by atoms with Gasteiger partial charge in [0, 0.05) is 11.6 Å². The first kappa shape index (κ1) is 18.8. The van der Waals surface area contributed by atoms with Crippen molar-refractivity contribution in [3.05, 3.63) is 83.1 Å². The Labute approximate surface area is 158 Å². The van der Waals surface area contributed by atoms with E-state index in [9.17, 15) is 18.0 Å². The monoisotopic (exact) mass is 391 g/mol. The molecule has 0 aliphatic carbocycles. The Morgan fingerprint density at radius 2 is 1.78 bits per heavy atom. The molecule has 0 bridgehead atoms. The van der Waals surface area contributed by atoms with Gasteiger partial charge in [-0.05, 0) is 36.4 Å². The van der Waals surface area contributed by atoms with Crippen LogP contribution in [0.4, 0.5) is 18.9 Å². The van der Waals surface area contributed by atoms with Gasteiger partial charge in [0.05, 0.1) is 16.3 Å². The van der Waals surface area contributed by atoms with Crippen LogP contribution in [0.25, 0.3) is 17.4 Å². The highest BCUT2D eigenvalue weighted by Crippen LogP contribution is 2.33. The highest BCUT2D eigenvalue weighted by Gasteiger charge is 2.30. The second kappa shape index (κ2) is 7.72. The molecular weight excluding hydrogens is 379 g/mol. The van der Waals surface area contributed by atoms with Crippen molar-refractivity contribution in [2.75, 3.05) is 5.32 Å². The predicted octanol–water partition coefficient (Wildman–Crippen LogP) is 6.27. The molecule has 1 heterocycles. The number of hydrogen-bond donors (Lipinski definition) is 1. The Bertz CT molecular complexity index is 978. The number of amides is 1. The number of benzene rings is 2. The van der Waals surface area contributed by atoms with Crippen molar-refractivity contribution in [2.45, 2.75) is 6.18 Å². The van der Waals surface area contributed by atoms with Crippen LogP contribution in [0.1, 0.15) is 11.3 Å². The third-order valence-corrected chi connectivity index (χ3v) is 3.95. The van der Waals surface area contributed by atoms with E-state index in [-0.39, 0.29) is 10.7 Å². The van der Waals surface area contributed by atoms with Gasteiger partial charge < -0.3 is 9.73 Å². The standard InChI is InChI=1S/C20H13ClF3NO2/c21-16-12-14(20(22,23)24)6-9-17(16)25-19(26)11-8-15-7-10-18(27-15)13-4-2-1-3-5-13/h1-12H,(H,25,26)/b11-8+. The molecule has 0 aliphatic rings. The van der Waals surface area contributed by atoms with E-state index >= 15 is 0 Å². The molecule has 3 aromatic rings. The third kappa shape index (κ3) is 4.80. The molecule has 0 radical (unpaired) electrons. The summed E-state index contributed by atoms with van der Waals surface area (Å²) in [6.45, 7) is 0. The summed E-state index contributed by atoms with van der Waals surface area (Å²) in [5.41, 5.74) is 0.104. The summed E-state index contributed by atoms with van der Waals surface area (Å²) < 4.78 is 43.5. The molecular formula is C20H13ClF3NO2.